The van der Waals surface area contributed by atoms with Gasteiger partial charge in [0.1, 0.15) is 5.82 Å². The number of nitrogens with one attached hydrogen (secondary N) is 2. The van der Waals surface area contributed by atoms with Crippen LogP contribution in [0, 0.1) is 0 Å². The number of aliphatic hydroxyl groups is 1. The summed E-state index contributed by atoms with van der Waals surface area (Å²) in [4.78, 5) is 18.2. The fourth-order valence-corrected chi connectivity index (χ4v) is 2.54. The number of amides is 2. The third kappa shape index (κ3) is 6.41. The van der Waals surface area contributed by atoms with Crippen molar-refractivity contribution >= 4 is 11.8 Å². The number of anilines is 1. The maximum atomic E-state index is 13.0. The molecule has 2 aromatic rings. The number of rotatable bonds is 7. The Balaban J connectivity index is 2.02. The van der Waals surface area contributed by atoms with Gasteiger partial charge < -0.3 is 20.6 Å². The molecule has 2 atom stereocenters. The highest BCUT2D eigenvalue weighted by Gasteiger charge is 2.44. The molecule has 0 spiro atoms. The Hall–Kier alpha value is -2.81. The van der Waals surface area contributed by atoms with Crippen LogP contribution in [0.25, 0.3) is 0 Å². The summed E-state index contributed by atoms with van der Waals surface area (Å²) < 4.78 is 39.0. The van der Waals surface area contributed by atoms with Crippen molar-refractivity contribution in [2.45, 2.75) is 31.3 Å². The van der Waals surface area contributed by atoms with Gasteiger partial charge in [-0.25, -0.2) is 9.78 Å². The predicted molar refractivity (Wildman–Crippen MR) is 99.9 cm³/mol. The standard InChI is InChI=1S/C19H23F3N4O2/c1-26(2)16-10-6-9-14(24-16)12-23-18(28)25-15(17(27)19(20,21)22)11-13-7-4-3-5-8-13/h3-10,15,17,27H,11-12H2,1-2H3,(H2,23,25,28). The highest BCUT2D eigenvalue weighted by Crippen LogP contribution is 2.24. The minimum absolute atomic E-state index is 0.0354. The lowest BCUT2D eigenvalue weighted by Gasteiger charge is -2.26. The van der Waals surface area contributed by atoms with Crippen LogP contribution in [0.2, 0.25) is 0 Å². The van der Waals surface area contributed by atoms with Crippen molar-refractivity contribution in [3.8, 4) is 0 Å². The number of nitrogens with zero attached hydrogens (tertiary/aromatic N) is 2. The Kier molecular flexibility index (Phi) is 7.22. The highest BCUT2D eigenvalue weighted by atomic mass is 19.4. The lowest BCUT2D eigenvalue weighted by Crippen LogP contribution is -2.53. The molecular weight excluding hydrogens is 373 g/mol. The SMILES string of the molecule is CN(C)c1cccc(CNC(=O)NC(Cc2ccccc2)C(O)C(F)(F)F)n1. The number of benzene rings is 1. The Labute approximate surface area is 161 Å². The van der Waals surface area contributed by atoms with Crippen LogP contribution in [-0.2, 0) is 13.0 Å². The molecule has 0 aliphatic rings. The molecule has 3 N–H and O–H groups in total. The summed E-state index contributed by atoms with van der Waals surface area (Å²) in [6.07, 6.45) is -7.70. The van der Waals surface area contributed by atoms with Crippen LogP contribution >= 0.6 is 0 Å². The Morgan fingerprint density at radius 1 is 1.14 bits per heavy atom. The molecule has 1 aromatic carbocycles. The fourth-order valence-electron chi connectivity index (χ4n) is 2.54. The summed E-state index contributed by atoms with van der Waals surface area (Å²) in [6.45, 7) is 0.0354. The van der Waals surface area contributed by atoms with Crippen molar-refractivity contribution in [3.63, 3.8) is 0 Å². The fraction of sp³-hybridized carbons (Fsp3) is 0.368. The lowest BCUT2D eigenvalue weighted by atomic mass is 10.0. The number of alkyl halides is 3. The van der Waals surface area contributed by atoms with Crippen LogP contribution in [0.3, 0.4) is 0 Å². The molecule has 1 heterocycles. The van der Waals surface area contributed by atoms with Crippen molar-refractivity contribution in [2.75, 3.05) is 19.0 Å². The van der Waals surface area contributed by atoms with Crippen LogP contribution in [0.1, 0.15) is 11.3 Å². The summed E-state index contributed by atoms with van der Waals surface area (Å²) >= 11 is 0. The smallest absolute Gasteiger partial charge is 0.382 e. The monoisotopic (exact) mass is 396 g/mol. The third-order valence-corrected chi connectivity index (χ3v) is 4.01. The van der Waals surface area contributed by atoms with Gasteiger partial charge in [-0.1, -0.05) is 36.4 Å². The van der Waals surface area contributed by atoms with E-state index in [0.29, 0.717) is 17.1 Å². The molecule has 0 fully saturated rings. The molecule has 9 heteroatoms. The molecule has 2 unspecified atom stereocenters. The first-order valence-electron chi connectivity index (χ1n) is 8.63. The number of urea groups is 1. The van der Waals surface area contributed by atoms with E-state index in [1.54, 1.807) is 53.4 Å². The zero-order valence-corrected chi connectivity index (χ0v) is 15.6. The maximum absolute atomic E-state index is 13.0. The second-order valence-electron chi connectivity index (χ2n) is 6.49. The first kappa shape index (κ1) is 21.5. The van der Waals surface area contributed by atoms with Gasteiger partial charge in [-0.2, -0.15) is 13.2 Å². The average molecular weight is 396 g/mol. The largest absolute Gasteiger partial charge is 0.416 e. The second kappa shape index (κ2) is 9.41. The number of halogens is 3. The summed E-state index contributed by atoms with van der Waals surface area (Å²) in [5.41, 5.74) is 1.12. The molecule has 0 saturated carbocycles. The molecule has 0 bridgehead atoms. The van der Waals surface area contributed by atoms with Crippen LogP contribution in [-0.4, -0.2) is 48.5 Å². The van der Waals surface area contributed by atoms with Crippen LogP contribution < -0.4 is 15.5 Å². The van der Waals surface area contributed by atoms with Gasteiger partial charge in [0.15, 0.2) is 6.10 Å². The van der Waals surface area contributed by atoms with Gasteiger partial charge in [-0.05, 0) is 24.1 Å². The van der Waals surface area contributed by atoms with E-state index in [0.717, 1.165) is 0 Å². The van der Waals surface area contributed by atoms with Gasteiger partial charge >= 0.3 is 12.2 Å². The molecule has 2 amide bonds. The topological polar surface area (TPSA) is 77.5 Å². The molecular formula is C19H23F3N4O2. The molecule has 0 aliphatic heterocycles. The Morgan fingerprint density at radius 3 is 2.43 bits per heavy atom. The van der Waals surface area contributed by atoms with Crippen LogP contribution in [0.5, 0.6) is 0 Å². The minimum Gasteiger partial charge on any atom is -0.382 e. The van der Waals surface area contributed by atoms with E-state index in [9.17, 15) is 23.1 Å². The maximum Gasteiger partial charge on any atom is 0.416 e. The van der Waals surface area contributed by atoms with Gasteiger partial charge in [0.25, 0.3) is 0 Å². The molecule has 28 heavy (non-hydrogen) atoms. The lowest BCUT2D eigenvalue weighted by molar-refractivity contribution is -0.211. The zero-order chi connectivity index (χ0) is 20.7. The zero-order valence-electron chi connectivity index (χ0n) is 15.6. The number of carbonyl (C=O) groups is 1. The second-order valence-corrected chi connectivity index (χ2v) is 6.49. The van der Waals surface area contributed by atoms with Crippen molar-refractivity contribution in [1.82, 2.24) is 15.6 Å². The number of hydrogen-bond acceptors (Lipinski definition) is 4. The normalized spacial score (nSPS) is 13.5. The van der Waals surface area contributed by atoms with Crippen LogP contribution in [0.15, 0.2) is 48.5 Å². The number of hydrogen-bond donors (Lipinski definition) is 3. The molecule has 0 saturated heterocycles. The molecule has 0 radical (unpaired) electrons. The van der Waals surface area contributed by atoms with Gasteiger partial charge in [-0.3, -0.25) is 0 Å². The van der Waals surface area contributed by atoms with E-state index in [1.807, 2.05) is 14.1 Å². The molecule has 6 nitrogen and oxygen atoms in total. The van der Waals surface area contributed by atoms with E-state index >= 15 is 0 Å². The summed E-state index contributed by atoms with van der Waals surface area (Å²) in [6, 6.07) is 11.3. The van der Waals surface area contributed by atoms with E-state index in [2.05, 4.69) is 15.6 Å². The predicted octanol–water partition coefficient (Wildman–Crippen LogP) is 2.48. The van der Waals surface area contributed by atoms with Gasteiger partial charge in [0, 0.05) is 14.1 Å². The van der Waals surface area contributed by atoms with Gasteiger partial charge in [0.2, 0.25) is 0 Å². The van der Waals surface area contributed by atoms with Crippen molar-refractivity contribution in [2.24, 2.45) is 0 Å². The van der Waals surface area contributed by atoms with Gasteiger partial charge in [0.05, 0.1) is 18.3 Å². The number of carbonyl (C=O) groups excluding carboxylic acids is 1. The van der Waals surface area contributed by atoms with Crippen molar-refractivity contribution in [1.29, 1.82) is 0 Å². The minimum atomic E-state index is -4.85. The Morgan fingerprint density at radius 2 is 1.82 bits per heavy atom. The van der Waals surface area contributed by atoms with E-state index in [1.165, 1.54) is 0 Å². The van der Waals surface area contributed by atoms with Crippen molar-refractivity contribution in [3.05, 3.63) is 59.8 Å². The highest BCUT2D eigenvalue weighted by molar-refractivity contribution is 5.74. The molecule has 1 aromatic heterocycles. The quantitative estimate of drug-likeness (QED) is 0.672. The molecule has 152 valence electrons. The number of aromatic nitrogens is 1. The molecule has 0 aliphatic carbocycles. The summed E-state index contributed by atoms with van der Waals surface area (Å²) in [5.74, 6) is 0.689. The van der Waals surface area contributed by atoms with Crippen LogP contribution in [0.4, 0.5) is 23.8 Å². The van der Waals surface area contributed by atoms with E-state index in [4.69, 9.17) is 0 Å². The number of pyridine rings is 1. The summed E-state index contributed by atoms with van der Waals surface area (Å²) in [7, 11) is 3.64. The Bertz CT molecular complexity index is 769. The van der Waals surface area contributed by atoms with Crippen molar-refractivity contribution < 1.29 is 23.1 Å². The average Bonchev–Trinajstić information content (AvgIpc) is 2.65. The summed E-state index contributed by atoms with van der Waals surface area (Å²) in [5, 5.41) is 14.4. The van der Waals surface area contributed by atoms with Gasteiger partial charge in [-0.15, -0.1) is 0 Å². The third-order valence-electron chi connectivity index (χ3n) is 4.01. The van der Waals surface area contributed by atoms with E-state index in [-0.39, 0.29) is 13.0 Å². The number of aliphatic hydroxyl groups excluding tert-OH is 1. The molecule has 2 rings (SSSR count). The first-order chi connectivity index (χ1) is 13.2. The first-order valence-corrected chi connectivity index (χ1v) is 8.63. The van der Waals surface area contributed by atoms with E-state index < -0.39 is 24.4 Å².